The number of nitrogens with two attached hydrogens (primary N) is 3. The van der Waals surface area contributed by atoms with Gasteiger partial charge >= 0.3 is 0 Å². The molecule has 54 valence electrons. The zero-order chi connectivity index (χ0) is 6.85. The van der Waals surface area contributed by atoms with Gasteiger partial charge in [0.25, 0.3) is 0 Å². The van der Waals surface area contributed by atoms with Crippen LogP contribution in [0.5, 0.6) is 0 Å². The number of hydrazine groups is 5. The van der Waals surface area contributed by atoms with Gasteiger partial charge in [-0.25, -0.2) is 5.84 Å². The van der Waals surface area contributed by atoms with Crippen molar-refractivity contribution < 1.29 is 0 Å². The van der Waals surface area contributed by atoms with E-state index >= 15 is 0 Å². The molecule has 0 atom stereocenters. The molecule has 0 saturated carbocycles. The summed E-state index contributed by atoms with van der Waals surface area (Å²) in [6.07, 6.45) is 0.945. The Labute approximate surface area is 53.6 Å². The number of hydrogen-bond donors (Lipinski definition) is 3. The van der Waals surface area contributed by atoms with Crippen LogP contribution >= 0.6 is 0 Å². The van der Waals surface area contributed by atoms with Crippen molar-refractivity contribution in [2.24, 2.45) is 17.5 Å². The summed E-state index contributed by atoms with van der Waals surface area (Å²) in [5.74, 6) is 16.1. The third kappa shape index (κ3) is 1.36. The Kier molecular flexibility index (Phi) is 1.96. The van der Waals surface area contributed by atoms with Crippen molar-refractivity contribution in [2.75, 3.05) is 13.1 Å². The minimum atomic E-state index is 0.754. The molecule has 0 spiro atoms. The first-order chi connectivity index (χ1) is 4.22. The predicted molar refractivity (Wildman–Crippen MR) is 32.4 cm³/mol. The highest BCUT2D eigenvalue weighted by Gasteiger charge is 2.17. The number of nitrogens with zero attached hydrogens (tertiary/aromatic N) is 3. The topological polar surface area (TPSA) is 87.8 Å². The predicted octanol–water partition coefficient (Wildman–Crippen LogP) is -2.25. The van der Waals surface area contributed by atoms with Gasteiger partial charge in [0, 0.05) is 13.1 Å². The van der Waals surface area contributed by atoms with Gasteiger partial charge < -0.3 is 0 Å². The molecule has 0 unspecified atom stereocenters. The SMILES string of the molecule is NN1CCCN(N)N1N. The van der Waals surface area contributed by atoms with Crippen LogP contribution in [0.1, 0.15) is 6.42 Å². The highest BCUT2D eigenvalue weighted by Crippen LogP contribution is 1.97. The molecule has 1 heterocycles. The summed E-state index contributed by atoms with van der Waals surface area (Å²) in [5, 5.41) is 3.93. The lowest BCUT2D eigenvalue weighted by atomic mass is 10.4. The van der Waals surface area contributed by atoms with Crippen LogP contribution in [-0.4, -0.2) is 28.6 Å². The Bertz CT molecular complexity index is 84.3. The van der Waals surface area contributed by atoms with Crippen molar-refractivity contribution in [3.63, 3.8) is 0 Å². The third-order valence-electron chi connectivity index (χ3n) is 1.30. The molecule has 0 aromatic heterocycles. The zero-order valence-electron chi connectivity index (χ0n) is 5.20. The molecule has 0 aliphatic carbocycles. The monoisotopic (exact) mass is 132 g/mol. The summed E-state index contributed by atoms with van der Waals surface area (Å²) in [5.41, 5.74) is 0. The lowest BCUT2D eigenvalue weighted by Gasteiger charge is -2.37. The van der Waals surface area contributed by atoms with E-state index in [2.05, 4.69) is 0 Å². The van der Waals surface area contributed by atoms with Crippen molar-refractivity contribution in [3.8, 4) is 0 Å². The van der Waals surface area contributed by atoms with E-state index < -0.39 is 0 Å². The molecule has 0 aromatic carbocycles. The minimum absolute atomic E-state index is 0.754. The van der Waals surface area contributed by atoms with Crippen LogP contribution in [0.2, 0.25) is 0 Å². The van der Waals surface area contributed by atoms with E-state index in [1.54, 1.807) is 0 Å². The maximum Gasteiger partial charge on any atom is 0.0329 e. The van der Waals surface area contributed by atoms with Crippen molar-refractivity contribution in [1.82, 2.24) is 15.5 Å². The van der Waals surface area contributed by atoms with Crippen molar-refractivity contribution in [3.05, 3.63) is 0 Å². The number of rotatable bonds is 0. The van der Waals surface area contributed by atoms with E-state index in [1.165, 1.54) is 15.5 Å². The fourth-order valence-electron chi connectivity index (χ4n) is 0.747. The molecule has 1 rings (SSSR count). The van der Waals surface area contributed by atoms with Crippen molar-refractivity contribution in [2.45, 2.75) is 6.42 Å². The van der Waals surface area contributed by atoms with Gasteiger partial charge in [0.15, 0.2) is 0 Å². The van der Waals surface area contributed by atoms with Crippen LogP contribution < -0.4 is 17.5 Å². The smallest absolute Gasteiger partial charge is 0.0329 e. The highest BCUT2D eigenvalue weighted by molar-refractivity contribution is 4.51. The molecule has 6 N–H and O–H groups in total. The average Bonchev–Trinajstić information content (AvgIpc) is 1.83. The second-order valence-electron chi connectivity index (χ2n) is 2.00. The summed E-state index contributed by atoms with van der Waals surface area (Å²) < 4.78 is 0. The van der Waals surface area contributed by atoms with Gasteiger partial charge in [-0.3, -0.25) is 11.7 Å². The van der Waals surface area contributed by atoms with E-state index in [9.17, 15) is 0 Å². The van der Waals surface area contributed by atoms with Crippen LogP contribution in [-0.2, 0) is 0 Å². The molecule has 0 bridgehead atoms. The molecule has 6 heteroatoms. The fraction of sp³-hybridized carbons (Fsp3) is 1.00. The van der Waals surface area contributed by atoms with E-state index in [0.717, 1.165) is 19.5 Å². The first-order valence-electron chi connectivity index (χ1n) is 2.81. The Morgan fingerprint density at radius 1 is 0.889 bits per heavy atom. The minimum Gasteiger partial charge on any atom is -0.253 e. The van der Waals surface area contributed by atoms with Gasteiger partial charge in [0.05, 0.1) is 0 Å². The van der Waals surface area contributed by atoms with Crippen LogP contribution in [0.15, 0.2) is 0 Å². The third-order valence-corrected chi connectivity index (χ3v) is 1.30. The molecule has 1 aliphatic rings. The second-order valence-corrected chi connectivity index (χ2v) is 2.00. The van der Waals surface area contributed by atoms with Gasteiger partial charge in [0.1, 0.15) is 0 Å². The Balaban J connectivity index is 2.41. The standard InChI is InChI=1S/C3H12N6/c4-7-2-1-3-8(5)9(7)6/h1-6H2. The van der Waals surface area contributed by atoms with Crippen LogP contribution in [0.3, 0.4) is 0 Å². The highest BCUT2D eigenvalue weighted by atomic mass is 16.1. The fourth-order valence-corrected chi connectivity index (χ4v) is 0.747. The van der Waals surface area contributed by atoms with E-state index in [1.807, 2.05) is 0 Å². The second kappa shape index (κ2) is 2.56. The Morgan fingerprint density at radius 2 is 1.33 bits per heavy atom. The van der Waals surface area contributed by atoms with Crippen LogP contribution in [0.25, 0.3) is 0 Å². The van der Waals surface area contributed by atoms with E-state index in [4.69, 9.17) is 17.5 Å². The van der Waals surface area contributed by atoms with Gasteiger partial charge in [-0.1, -0.05) is 5.23 Å². The average molecular weight is 132 g/mol. The van der Waals surface area contributed by atoms with Crippen molar-refractivity contribution in [1.29, 1.82) is 0 Å². The maximum atomic E-state index is 5.38. The molecule has 0 amide bonds. The Hall–Kier alpha value is -0.240. The quantitative estimate of drug-likeness (QED) is 0.323. The summed E-state index contributed by atoms with van der Waals surface area (Å²) in [7, 11) is 0. The first kappa shape index (κ1) is 6.87. The first-order valence-corrected chi connectivity index (χ1v) is 2.81. The normalized spacial score (nSPS) is 27.0. The molecular weight excluding hydrogens is 120 g/mol. The zero-order valence-corrected chi connectivity index (χ0v) is 5.20. The molecule has 0 radical (unpaired) electrons. The molecule has 9 heavy (non-hydrogen) atoms. The largest absolute Gasteiger partial charge is 0.253 e. The lowest BCUT2D eigenvalue weighted by molar-refractivity contribution is -0.218. The summed E-state index contributed by atoms with van der Waals surface area (Å²) in [4.78, 5) is 0. The van der Waals surface area contributed by atoms with Crippen LogP contribution in [0, 0.1) is 0 Å². The summed E-state index contributed by atoms with van der Waals surface area (Å²) in [6, 6.07) is 0. The van der Waals surface area contributed by atoms with E-state index in [-0.39, 0.29) is 0 Å². The van der Waals surface area contributed by atoms with Gasteiger partial charge in [-0.05, 0) is 6.42 Å². The van der Waals surface area contributed by atoms with Gasteiger partial charge in [-0.2, -0.15) is 10.2 Å². The lowest BCUT2D eigenvalue weighted by Crippen LogP contribution is -2.66. The Morgan fingerprint density at radius 3 is 1.67 bits per heavy atom. The molecule has 1 aliphatic heterocycles. The summed E-state index contributed by atoms with van der Waals surface area (Å²) in [6.45, 7) is 1.51. The molecule has 0 aromatic rings. The molecule has 6 nitrogen and oxygen atoms in total. The molecular formula is C3H12N6. The number of hydrogen-bond acceptors (Lipinski definition) is 6. The van der Waals surface area contributed by atoms with Crippen LogP contribution in [0.4, 0.5) is 0 Å². The van der Waals surface area contributed by atoms with Gasteiger partial charge in [-0.15, -0.1) is 0 Å². The molecule has 1 saturated heterocycles. The van der Waals surface area contributed by atoms with Gasteiger partial charge in [0.2, 0.25) is 0 Å². The maximum absolute atomic E-state index is 5.38. The van der Waals surface area contributed by atoms with Crippen molar-refractivity contribution >= 4 is 0 Å². The summed E-state index contributed by atoms with van der Waals surface area (Å²) >= 11 is 0. The molecule has 1 fully saturated rings. The van der Waals surface area contributed by atoms with E-state index in [0.29, 0.717) is 0 Å².